The third kappa shape index (κ3) is 4.36. The normalized spacial score (nSPS) is 16.0. The number of nitrogens with one attached hydrogen (secondary N) is 1. The van der Waals surface area contributed by atoms with Crippen LogP contribution < -0.4 is 5.32 Å². The van der Waals surface area contributed by atoms with Crippen molar-refractivity contribution in [3.05, 3.63) is 78.4 Å². The Kier molecular flexibility index (Phi) is 5.38. The van der Waals surface area contributed by atoms with Crippen molar-refractivity contribution < 1.29 is 0 Å². The standard InChI is InChI=1S/C21H25N5/c1-3-19(15-22-10-1)17-25-13-8-20(9-14-25)23-16-18-4-6-21(7-5-18)26-12-2-11-24-26/h1-7,10-12,15,20,23H,8-9,13-14,16-17H2. The molecule has 0 radical (unpaired) electrons. The van der Waals surface area contributed by atoms with Gasteiger partial charge in [0.25, 0.3) is 0 Å². The third-order valence-electron chi connectivity index (χ3n) is 5.02. The molecule has 0 spiro atoms. The summed E-state index contributed by atoms with van der Waals surface area (Å²) in [4.78, 5) is 6.73. The van der Waals surface area contributed by atoms with Gasteiger partial charge in [0.1, 0.15) is 0 Å². The van der Waals surface area contributed by atoms with Gasteiger partial charge in [-0.3, -0.25) is 9.88 Å². The first-order valence-corrected chi connectivity index (χ1v) is 9.30. The monoisotopic (exact) mass is 347 g/mol. The molecule has 5 heteroatoms. The Labute approximate surface area is 154 Å². The first-order chi connectivity index (χ1) is 12.9. The minimum Gasteiger partial charge on any atom is -0.310 e. The number of piperidine rings is 1. The first-order valence-electron chi connectivity index (χ1n) is 9.30. The predicted octanol–water partition coefficient (Wildman–Crippen LogP) is 3.02. The molecule has 26 heavy (non-hydrogen) atoms. The van der Waals surface area contributed by atoms with Gasteiger partial charge in [0.15, 0.2) is 0 Å². The largest absolute Gasteiger partial charge is 0.310 e. The van der Waals surface area contributed by atoms with Gasteiger partial charge in [0.2, 0.25) is 0 Å². The quantitative estimate of drug-likeness (QED) is 0.744. The van der Waals surface area contributed by atoms with Crippen molar-refractivity contribution in [3.63, 3.8) is 0 Å². The van der Waals surface area contributed by atoms with E-state index in [1.165, 1.54) is 24.0 Å². The summed E-state index contributed by atoms with van der Waals surface area (Å²) in [5.41, 5.74) is 3.72. The number of hydrogen-bond acceptors (Lipinski definition) is 4. The molecule has 134 valence electrons. The average molecular weight is 347 g/mol. The molecule has 2 aromatic heterocycles. The Bertz CT molecular complexity index is 775. The molecule has 0 amide bonds. The van der Waals surface area contributed by atoms with E-state index in [4.69, 9.17) is 0 Å². The van der Waals surface area contributed by atoms with Crippen LogP contribution in [0.2, 0.25) is 0 Å². The minimum atomic E-state index is 0.603. The number of nitrogens with zero attached hydrogens (tertiary/aromatic N) is 4. The van der Waals surface area contributed by atoms with Gasteiger partial charge >= 0.3 is 0 Å². The van der Waals surface area contributed by atoms with Crippen LogP contribution >= 0.6 is 0 Å². The second kappa shape index (κ2) is 8.25. The molecule has 1 fully saturated rings. The van der Waals surface area contributed by atoms with Gasteiger partial charge in [0.05, 0.1) is 5.69 Å². The van der Waals surface area contributed by atoms with E-state index in [0.29, 0.717) is 6.04 Å². The van der Waals surface area contributed by atoms with E-state index in [1.54, 1.807) is 6.20 Å². The SMILES string of the molecule is c1cncc(CN2CCC(NCc3ccc(-n4cccn4)cc3)CC2)c1. The summed E-state index contributed by atoms with van der Waals surface area (Å²) in [5, 5.41) is 7.98. The summed E-state index contributed by atoms with van der Waals surface area (Å²) in [5.74, 6) is 0. The highest BCUT2D eigenvalue weighted by Crippen LogP contribution is 2.15. The van der Waals surface area contributed by atoms with Crippen molar-refractivity contribution in [2.45, 2.75) is 32.0 Å². The Morgan fingerprint density at radius 1 is 0.962 bits per heavy atom. The Balaban J connectivity index is 1.22. The minimum absolute atomic E-state index is 0.603. The van der Waals surface area contributed by atoms with Gasteiger partial charge < -0.3 is 5.32 Å². The summed E-state index contributed by atoms with van der Waals surface area (Å²) in [6.07, 6.45) is 9.97. The van der Waals surface area contributed by atoms with Crippen LogP contribution in [0.4, 0.5) is 0 Å². The molecule has 3 aromatic rings. The van der Waals surface area contributed by atoms with E-state index in [-0.39, 0.29) is 0 Å². The van der Waals surface area contributed by atoms with Crippen LogP contribution in [0.3, 0.4) is 0 Å². The third-order valence-corrected chi connectivity index (χ3v) is 5.02. The summed E-state index contributed by atoms with van der Waals surface area (Å²) in [7, 11) is 0. The van der Waals surface area contributed by atoms with E-state index >= 15 is 0 Å². The lowest BCUT2D eigenvalue weighted by molar-refractivity contribution is 0.190. The van der Waals surface area contributed by atoms with Crippen LogP contribution in [-0.2, 0) is 13.1 Å². The highest BCUT2D eigenvalue weighted by molar-refractivity contribution is 5.33. The van der Waals surface area contributed by atoms with Crippen molar-refractivity contribution in [1.29, 1.82) is 0 Å². The zero-order valence-corrected chi connectivity index (χ0v) is 15.0. The molecule has 0 saturated carbocycles. The molecule has 0 aliphatic carbocycles. The molecular formula is C21H25N5. The number of hydrogen-bond donors (Lipinski definition) is 1. The van der Waals surface area contributed by atoms with Gasteiger partial charge in [0, 0.05) is 43.9 Å². The van der Waals surface area contributed by atoms with Gasteiger partial charge in [-0.15, -0.1) is 0 Å². The molecule has 1 saturated heterocycles. The lowest BCUT2D eigenvalue weighted by Gasteiger charge is -2.32. The van der Waals surface area contributed by atoms with E-state index in [1.807, 2.05) is 35.4 Å². The Morgan fingerprint density at radius 3 is 2.50 bits per heavy atom. The maximum atomic E-state index is 4.27. The number of benzene rings is 1. The molecule has 0 unspecified atom stereocenters. The Morgan fingerprint density at radius 2 is 1.81 bits per heavy atom. The predicted molar refractivity (Wildman–Crippen MR) is 103 cm³/mol. The zero-order chi connectivity index (χ0) is 17.6. The van der Waals surface area contributed by atoms with Crippen molar-refractivity contribution in [3.8, 4) is 5.69 Å². The van der Waals surface area contributed by atoms with Gasteiger partial charge in [-0.05, 0) is 61.3 Å². The van der Waals surface area contributed by atoms with Crippen LogP contribution in [0.5, 0.6) is 0 Å². The number of aromatic nitrogens is 3. The van der Waals surface area contributed by atoms with E-state index < -0.39 is 0 Å². The molecule has 5 nitrogen and oxygen atoms in total. The van der Waals surface area contributed by atoms with Crippen molar-refractivity contribution in [2.75, 3.05) is 13.1 Å². The highest BCUT2D eigenvalue weighted by atomic mass is 15.3. The highest BCUT2D eigenvalue weighted by Gasteiger charge is 2.18. The lowest BCUT2D eigenvalue weighted by atomic mass is 10.0. The van der Waals surface area contributed by atoms with Crippen molar-refractivity contribution in [1.82, 2.24) is 25.0 Å². The number of rotatable bonds is 6. The molecule has 0 bridgehead atoms. The average Bonchev–Trinajstić information content (AvgIpc) is 3.24. The van der Waals surface area contributed by atoms with Crippen molar-refractivity contribution >= 4 is 0 Å². The second-order valence-corrected chi connectivity index (χ2v) is 6.91. The van der Waals surface area contributed by atoms with E-state index in [0.717, 1.165) is 31.9 Å². The molecule has 3 heterocycles. The fraction of sp³-hybridized carbons (Fsp3) is 0.333. The van der Waals surface area contributed by atoms with Gasteiger partial charge in [-0.25, -0.2) is 4.68 Å². The number of pyridine rings is 1. The summed E-state index contributed by atoms with van der Waals surface area (Å²) in [6.45, 7) is 4.22. The molecule has 1 aliphatic heterocycles. The molecule has 0 atom stereocenters. The van der Waals surface area contributed by atoms with E-state index in [9.17, 15) is 0 Å². The molecule has 1 aliphatic rings. The topological polar surface area (TPSA) is 46.0 Å². The van der Waals surface area contributed by atoms with E-state index in [2.05, 4.69) is 50.6 Å². The van der Waals surface area contributed by atoms with Gasteiger partial charge in [-0.2, -0.15) is 5.10 Å². The maximum absolute atomic E-state index is 4.27. The fourth-order valence-electron chi connectivity index (χ4n) is 3.50. The fourth-order valence-corrected chi connectivity index (χ4v) is 3.50. The zero-order valence-electron chi connectivity index (χ0n) is 15.0. The summed E-state index contributed by atoms with van der Waals surface area (Å²) < 4.78 is 1.88. The molecule has 1 aromatic carbocycles. The first kappa shape index (κ1) is 16.9. The Hall–Kier alpha value is -2.50. The number of likely N-dealkylation sites (tertiary alicyclic amines) is 1. The molecular weight excluding hydrogens is 322 g/mol. The van der Waals surface area contributed by atoms with Crippen LogP contribution in [0.1, 0.15) is 24.0 Å². The van der Waals surface area contributed by atoms with Crippen molar-refractivity contribution in [2.24, 2.45) is 0 Å². The smallest absolute Gasteiger partial charge is 0.0645 e. The molecule has 4 rings (SSSR count). The second-order valence-electron chi connectivity index (χ2n) is 6.91. The van der Waals surface area contributed by atoms with Gasteiger partial charge in [-0.1, -0.05) is 18.2 Å². The van der Waals surface area contributed by atoms with Crippen LogP contribution in [0.15, 0.2) is 67.3 Å². The maximum Gasteiger partial charge on any atom is 0.0645 e. The van der Waals surface area contributed by atoms with Crippen LogP contribution in [-0.4, -0.2) is 38.8 Å². The summed E-state index contributed by atoms with van der Waals surface area (Å²) >= 11 is 0. The molecule has 1 N–H and O–H groups in total. The summed E-state index contributed by atoms with van der Waals surface area (Å²) in [6, 6.07) is 15.3. The lowest BCUT2D eigenvalue weighted by Crippen LogP contribution is -2.41. The van der Waals surface area contributed by atoms with Crippen LogP contribution in [0.25, 0.3) is 5.69 Å². The van der Waals surface area contributed by atoms with Crippen LogP contribution in [0, 0.1) is 0 Å².